The minimum atomic E-state index is -4.48. The number of hydrogen-bond acceptors (Lipinski definition) is 3. The highest BCUT2D eigenvalue weighted by Gasteiger charge is 2.31. The molecule has 1 unspecified atom stereocenters. The molecule has 21 heavy (non-hydrogen) atoms. The average molecular weight is 308 g/mol. The third kappa shape index (κ3) is 4.69. The molecule has 116 valence electrons. The molecule has 0 saturated heterocycles. The molecule has 1 N–H and O–H groups in total. The minimum Gasteiger partial charge on any atom is -0.349 e. The van der Waals surface area contributed by atoms with Crippen molar-refractivity contribution >= 4 is 11.6 Å². The summed E-state index contributed by atoms with van der Waals surface area (Å²) in [6.07, 6.45) is -5.77. The number of carbonyl (C=O) groups is 1. The SMILES string of the molecule is Cc1cc([N+](=O)[O-])cc(C(=O)NC(C)CC(F)(F)F)c1F. The summed E-state index contributed by atoms with van der Waals surface area (Å²) >= 11 is 0. The molecule has 0 saturated carbocycles. The molecule has 5 nitrogen and oxygen atoms in total. The molecule has 0 aliphatic carbocycles. The minimum absolute atomic E-state index is 0.141. The topological polar surface area (TPSA) is 72.2 Å². The van der Waals surface area contributed by atoms with Crippen LogP contribution in [0.25, 0.3) is 0 Å². The fourth-order valence-corrected chi connectivity index (χ4v) is 1.72. The Morgan fingerprint density at radius 3 is 2.48 bits per heavy atom. The van der Waals surface area contributed by atoms with Gasteiger partial charge in [-0.2, -0.15) is 13.2 Å². The quantitative estimate of drug-likeness (QED) is 0.528. The third-order valence-electron chi connectivity index (χ3n) is 2.61. The van der Waals surface area contributed by atoms with Crippen molar-refractivity contribution in [1.82, 2.24) is 5.32 Å². The van der Waals surface area contributed by atoms with Crippen LogP contribution >= 0.6 is 0 Å². The number of nitro benzene ring substituents is 1. The molecule has 0 radical (unpaired) electrons. The van der Waals surface area contributed by atoms with Gasteiger partial charge >= 0.3 is 6.18 Å². The Kier molecular flexibility index (Phi) is 4.87. The molecule has 1 rings (SSSR count). The van der Waals surface area contributed by atoms with Crippen LogP contribution in [0.15, 0.2) is 12.1 Å². The van der Waals surface area contributed by atoms with Crippen LogP contribution in [0.4, 0.5) is 23.2 Å². The van der Waals surface area contributed by atoms with E-state index in [1.165, 1.54) is 6.92 Å². The highest BCUT2D eigenvalue weighted by molar-refractivity contribution is 5.95. The van der Waals surface area contributed by atoms with Crippen molar-refractivity contribution in [1.29, 1.82) is 0 Å². The second kappa shape index (κ2) is 6.06. The van der Waals surface area contributed by atoms with Gasteiger partial charge in [0.25, 0.3) is 11.6 Å². The van der Waals surface area contributed by atoms with Gasteiger partial charge in [0.15, 0.2) is 0 Å². The molecule has 1 atom stereocenters. The van der Waals surface area contributed by atoms with Gasteiger partial charge in [-0.1, -0.05) is 0 Å². The van der Waals surface area contributed by atoms with Gasteiger partial charge in [-0.3, -0.25) is 14.9 Å². The fraction of sp³-hybridized carbons (Fsp3) is 0.417. The summed E-state index contributed by atoms with van der Waals surface area (Å²) in [4.78, 5) is 21.6. The first-order chi connectivity index (χ1) is 9.51. The fourth-order valence-electron chi connectivity index (χ4n) is 1.72. The molecule has 0 aliphatic rings. The number of carbonyl (C=O) groups excluding carboxylic acids is 1. The maximum absolute atomic E-state index is 13.8. The van der Waals surface area contributed by atoms with Crippen molar-refractivity contribution in [3.05, 3.63) is 39.2 Å². The second-order valence-electron chi connectivity index (χ2n) is 4.58. The molecular weight excluding hydrogens is 296 g/mol. The maximum Gasteiger partial charge on any atom is 0.391 e. The van der Waals surface area contributed by atoms with Gasteiger partial charge in [0.1, 0.15) is 5.82 Å². The number of amides is 1. The van der Waals surface area contributed by atoms with Crippen LogP contribution in [0, 0.1) is 22.9 Å². The summed E-state index contributed by atoms with van der Waals surface area (Å²) in [5.74, 6) is -2.13. The van der Waals surface area contributed by atoms with Gasteiger partial charge in [0.2, 0.25) is 0 Å². The van der Waals surface area contributed by atoms with Gasteiger partial charge in [-0.05, 0) is 19.4 Å². The first-order valence-corrected chi connectivity index (χ1v) is 5.83. The molecule has 0 aliphatic heterocycles. The smallest absolute Gasteiger partial charge is 0.349 e. The number of alkyl halides is 3. The van der Waals surface area contributed by atoms with E-state index in [9.17, 15) is 32.5 Å². The van der Waals surface area contributed by atoms with E-state index >= 15 is 0 Å². The second-order valence-corrected chi connectivity index (χ2v) is 4.58. The summed E-state index contributed by atoms with van der Waals surface area (Å²) in [7, 11) is 0. The van der Waals surface area contributed by atoms with E-state index in [-0.39, 0.29) is 5.56 Å². The van der Waals surface area contributed by atoms with Crippen LogP contribution in [0.5, 0.6) is 0 Å². The Morgan fingerprint density at radius 1 is 1.43 bits per heavy atom. The Balaban J connectivity index is 2.99. The number of hydrogen-bond donors (Lipinski definition) is 1. The van der Waals surface area contributed by atoms with E-state index in [4.69, 9.17) is 0 Å². The van der Waals surface area contributed by atoms with Crippen molar-refractivity contribution in [2.45, 2.75) is 32.5 Å². The normalized spacial score (nSPS) is 12.9. The Labute approximate surface area is 117 Å². The molecule has 0 bridgehead atoms. The van der Waals surface area contributed by atoms with Gasteiger partial charge in [-0.15, -0.1) is 0 Å². The number of benzene rings is 1. The van der Waals surface area contributed by atoms with E-state index in [0.29, 0.717) is 6.07 Å². The van der Waals surface area contributed by atoms with Gasteiger partial charge < -0.3 is 5.32 Å². The molecule has 0 spiro atoms. The van der Waals surface area contributed by atoms with E-state index in [1.54, 1.807) is 0 Å². The molecule has 9 heteroatoms. The Morgan fingerprint density at radius 2 is 2.00 bits per heavy atom. The molecule has 1 amide bonds. The zero-order chi connectivity index (χ0) is 16.4. The number of nitrogens with zero attached hydrogens (tertiary/aromatic N) is 1. The summed E-state index contributed by atoms with van der Waals surface area (Å²) in [5, 5.41) is 12.6. The number of aryl methyl sites for hydroxylation is 1. The standard InChI is InChI=1S/C12H12F4N2O3/c1-6-3-8(18(20)21)4-9(10(6)13)11(19)17-7(2)5-12(14,15)16/h3-4,7H,5H2,1-2H3,(H,17,19). The average Bonchev–Trinajstić information content (AvgIpc) is 2.29. The maximum atomic E-state index is 13.8. The van der Waals surface area contributed by atoms with Crippen molar-refractivity contribution < 1.29 is 27.3 Å². The van der Waals surface area contributed by atoms with E-state index in [0.717, 1.165) is 13.0 Å². The zero-order valence-corrected chi connectivity index (χ0v) is 11.1. The van der Waals surface area contributed by atoms with Crippen LogP contribution in [-0.4, -0.2) is 23.0 Å². The number of nitro groups is 1. The van der Waals surface area contributed by atoms with Crippen LogP contribution < -0.4 is 5.32 Å². The van der Waals surface area contributed by atoms with Crippen LogP contribution in [0.3, 0.4) is 0 Å². The first-order valence-electron chi connectivity index (χ1n) is 5.83. The lowest BCUT2D eigenvalue weighted by Gasteiger charge is -2.16. The van der Waals surface area contributed by atoms with Crippen LogP contribution in [-0.2, 0) is 0 Å². The number of nitrogens with one attached hydrogen (secondary N) is 1. The molecular formula is C12H12F4N2O3. The lowest BCUT2D eigenvalue weighted by Crippen LogP contribution is -2.36. The predicted molar refractivity (Wildman–Crippen MR) is 65.4 cm³/mol. The van der Waals surface area contributed by atoms with Crippen LogP contribution in [0.1, 0.15) is 29.3 Å². The van der Waals surface area contributed by atoms with Crippen LogP contribution in [0.2, 0.25) is 0 Å². The molecule has 0 heterocycles. The molecule has 1 aromatic rings. The zero-order valence-electron chi connectivity index (χ0n) is 11.1. The van der Waals surface area contributed by atoms with Crippen molar-refractivity contribution in [3.63, 3.8) is 0 Å². The molecule has 0 aromatic heterocycles. The number of non-ortho nitro benzene ring substituents is 1. The Hall–Kier alpha value is -2.19. The van der Waals surface area contributed by atoms with E-state index in [1.807, 2.05) is 5.32 Å². The summed E-state index contributed by atoms with van der Waals surface area (Å²) < 4.78 is 50.3. The summed E-state index contributed by atoms with van der Waals surface area (Å²) in [5.41, 5.74) is -1.31. The van der Waals surface area contributed by atoms with Gasteiger partial charge in [0, 0.05) is 18.2 Å². The Bertz CT molecular complexity index is 572. The van der Waals surface area contributed by atoms with Crippen molar-refractivity contribution in [2.24, 2.45) is 0 Å². The highest BCUT2D eigenvalue weighted by Crippen LogP contribution is 2.23. The lowest BCUT2D eigenvalue weighted by atomic mass is 10.1. The molecule has 1 aromatic carbocycles. The highest BCUT2D eigenvalue weighted by atomic mass is 19.4. The van der Waals surface area contributed by atoms with E-state index in [2.05, 4.69) is 0 Å². The summed E-state index contributed by atoms with van der Waals surface area (Å²) in [6.45, 7) is 2.33. The lowest BCUT2D eigenvalue weighted by molar-refractivity contribution is -0.385. The van der Waals surface area contributed by atoms with E-state index < -0.39 is 46.5 Å². The monoisotopic (exact) mass is 308 g/mol. The van der Waals surface area contributed by atoms with Gasteiger partial charge in [-0.25, -0.2) is 4.39 Å². The van der Waals surface area contributed by atoms with Crippen molar-refractivity contribution in [3.8, 4) is 0 Å². The number of rotatable bonds is 4. The summed E-state index contributed by atoms with van der Waals surface area (Å²) in [6, 6.07) is 0.347. The third-order valence-corrected chi connectivity index (χ3v) is 2.61. The number of halogens is 4. The first kappa shape index (κ1) is 16.9. The van der Waals surface area contributed by atoms with Crippen molar-refractivity contribution in [2.75, 3.05) is 0 Å². The largest absolute Gasteiger partial charge is 0.391 e. The molecule has 0 fully saturated rings. The van der Waals surface area contributed by atoms with Gasteiger partial charge in [0.05, 0.1) is 16.9 Å². The predicted octanol–water partition coefficient (Wildman–Crippen LogP) is 3.11.